The average molecular weight is 191 g/mol. The number of nitrogens with zero attached hydrogens (tertiary/aromatic N) is 1. The van der Waals surface area contributed by atoms with Gasteiger partial charge in [-0.2, -0.15) is 0 Å². The van der Waals surface area contributed by atoms with E-state index in [1.165, 1.54) is 18.4 Å². The first-order chi connectivity index (χ1) is 6.81. The summed E-state index contributed by atoms with van der Waals surface area (Å²) in [5.41, 5.74) is 1.84. The largest absolute Gasteiger partial charge is 0.145 e. The lowest BCUT2D eigenvalue weighted by molar-refractivity contribution is 0.596. The summed E-state index contributed by atoms with van der Waals surface area (Å²) in [5, 5.41) is 2.89. The molecule has 0 saturated carbocycles. The smallest absolute Gasteiger partial charge is 0.108 e. The fourth-order valence-corrected chi connectivity index (χ4v) is 1.76. The van der Waals surface area contributed by atoms with Crippen LogP contribution in [0.15, 0.2) is 29.4 Å². The molecule has 0 heterocycles. The molecule has 0 aliphatic carbocycles. The van der Waals surface area contributed by atoms with Gasteiger partial charge in [0.25, 0.3) is 0 Å². The van der Waals surface area contributed by atoms with E-state index in [0.717, 1.165) is 6.42 Å². The Morgan fingerprint density at radius 2 is 1.86 bits per heavy atom. The van der Waals surface area contributed by atoms with Crippen LogP contribution >= 0.6 is 0 Å². The molecule has 0 aliphatic heterocycles. The monoisotopic (exact) mass is 191 g/mol. The van der Waals surface area contributed by atoms with Crippen molar-refractivity contribution in [2.75, 3.05) is 0 Å². The van der Waals surface area contributed by atoms with E-state index in [0.29, 0.717) is 11.6 Å². The van der Waals surface area contributed by atoms with E-state index in [-0.39, 0.29) is 0 Å². The van der Waals surface area contributed by atoms with E-state index < -0.39 is 0 Å². The molecule has 76 valence electrons. The number of nitroso groups, excluding NO2 is 1. The summed E-state index contributed by atoms with van der Waals surface area (Å²) in [6.45, 7) is 4.40. The fourth-order valence-electron chi connectivity index (χ4n) is 1.76. The highest BCUT2D eigenvalue weighted by Crippen LogP contribution is 2.26. The number of benzene rings is 1. The third-order valence-electron chi connectivity index (χ3n) is 2.60. The molecule has 0 fully saturated rings. The zero-order chi connectivity index (χ0) is 10.4. The molecule has 1 unspecified atom stereocenters. The van der Waals surface area contributed by atoms with E-state index in [2.05, 4.69) is 19.0 Å². The van der Waals surface area contributed by atoms with Gasteiger partial charge in [-0.3, -0.25) is 0 Å². The van der Waals surface area contributed by atoms with E-state index in [4.69, 9.17) is 0 Å². The third kappa shape index (κ3) is 2.66. The summed E-state index contributed by atoms with van der Waals surface area (Å²) < 4.78 is 0. The second-order valence-electron chi connectivity index (χ2n) is 3.58. The number of rotatable bonds is 5. The minimum Gasteiger partial charge on any atom is -0.145 e. The van der Waals surface area contributed by atoms with E-state index in [1.807, 2.05) is 12.1 Å². The van der Waals surface area contributed by atoms with Crippen LogP contribution < -0.4 is 0 Å². The molecule has 1 aromatic rings. The van der Waals surface area contributed by atoms with E-state index in [9.17, 15) is 4.91 Å². The van der Waals surface area contributed by atoms with Crippen molar-refractivity contribution >= 4 is 5.69 Å². The molecule has 14 heavy (non-hydrogen) atoms. The van der Waals surface area contributed by atoms with Gasteiger partial charge in [-0.15, -0.1) is 4.91 Å². The maximum absolute atomic E-state index is 10.2. The zero-order valence-electron chi connectivity index (χ0n) is 8.86. The van der Waals surface area contributed by atoms with Gasteiger partial charge in [0.05, 0.1) is 0 Å². The maximum atomic E-state index is 10.2. The van der Waals surface area contributed by atoms with Gasteiger partial charge in [0.1, 0.15) is 5.69 Å². The summed E-state index contributed by atoms with van der Waals surface area (Å²) in [7, 11) is 0. The molecule has 0 spiro atoms. The second kappa shape index (κ2) is 5.53. The van der Waals surface area contributed by atoms with Crippen molar-refractivity contribution in [1.82, 2.24) is 0 Å². The number of hydrogen-bond donors (Lipinski definition) is 0. The van der Waals surface area contributed by atoms with Crippen LogP contribution in [0.3, 0.4) is 0 Å². The molecule has 0 radical (unpaired) electrons. The van der Waals surface area contributed by atoms with E-state index in [1.54, 1.807) is 12.1 Å². The Hall–Kier alpha value is -1.18. The molecule has 0 bridgehead atoms. The zero-order valence-corrected chi connectivity index (χ0v) is 8.86. The van der Waals surface area contributed by atoms with Crippen molar-refractivity contribution in [2.45, 2.75) is 39.0 Å². The Morgan fingerprint density at radius 1 is 1.21 bits per heavy atom. The van der Waals surface area contributed by atoms with Crippen LogP contribution in [0.5, 0.6) is 0 Å². The van der Waals surface area contributed by atoms with Crippen molar-refractivity contribution in [3.8, 4) is 0 Å². The van der Waals surface area contributed by atoms with Crippen molar-refractivity contribution < 1.29 is 0 Å². The van der Waals surface area contributed by atoms with Gasteiger partial charge in [0.15, 0.2) is 0 Å². The minimum atomic E-state index is 0.514. The molecule has 2 heteroatoms. The molecule has 1 aromatic carbocycles. The first-order valence-corrected chi connectivity index (χ1v) is 5.25. The lowest BCUT2D eigenvalue weighted by Crippen LogP contribution is -1.95. The van der Waals surface area contributed by atoms with Gasteiger partial charge in [-0.1, -0.05) is 32.4 Å². The Balaban J connectivity index is 2.77. The van der Waals surface area contributed by atoms with Gasteiger partial charge >= 0.3 is 0 Å². The lowest BCUT2D eigenvalue weighted by Gasteiger charge is -2.13. The van der Waals surface area contributed by atoms with Crippen LogP contribution in [-0.2, 0) is 0 Å². The molecule has 0 aliphatic rings. The molecule has 1 atom stereocenters. The second-order valence-corrected chi connectivity index (χ2v) is 3.58. The van der Waals surface area contributed by atoms with Crippen molar-refractivity contribution in [3.63, 3.8) is 0 Å². The summed E-state index contributed by atoms with van der Waals surface area (Å²) in [5.74, 6) is 0.626. The predicted molar refractivity (Wildman–Crippen MR) is 59.8 cm³/mol. The van der Waals surface area contributed by atoms with E-state index >= 15 is 0 Å². The van der Waals surface area contributed by atoms with Gasteiger partial charge in [0, 0.05) is 0 Å². The van der Waals surface area contributed by atoms with Crippen LogP contribution in [0.2, 0.25) is 0 Å². The third-order valence-corrected chi connectivity index (χ3v) is 2.60. The molecule has 2 nitrogen and oxygen atoms in total. The van der Waals surface area contributed by atoms with Crippen LogP contribution in [-0.4, -0.2) is 0 Å². The van der Waals surface area contributed by atoms with Crippen molar-refractivity contribution in [3.05, 3.63) is 34.7 Å². The molecule has 0 saturated heterocycles. The highest BCUT2D eigenvalue weighted by molar-refractivity contribution is 5.39. The Morgan fingerprint density at radius 3 is 2.29 bits per heavy atom. The van der Waals surface area contributed by atoms with Gasteiger partial charge < -0.3 is 0 Å². The average Bonchev–Trinajstić information content (AvgIpc) is 2.26. The van der Waals surface area contributed by atoms with Crippen molar-refractivity contribution in [1.29, 1.82) is 0 Å². The van der Waals surface area contributed by atoms with Gasteiger partial charge in [-0.25, -0.2) is 0 Å². The van der Waals surface area contributed by atoms with Crippen molar-refractivity contribution in [2.24, 2.45) is 5.18 Å². The summed E-state index contributed by atoms with van der Waals surface area (Å²) in [6, 6.07) is 7.61. The summed E-state index contributed by atoms with van der Waals surface area (Å²) in [4.78, 5) is 10.2. The van der Waals surface area contributed by atoms with Gasteiger partial charge in [0.2, 0.25) is 0 Å². The molecule has 0 N–H and O–H groups in total. The standard InChI is InChI=1S/C12H17NO/c1-3-5-10(4-2)11-6-8-12(13-14)9-7-11/h6-10H,3-5H2,1-2H3. The maximum Gasteiger partial charge on any atom is 0.108 e. The normalized spacial score (nSPS) is 12.4. The Labute approximate surface area is 85.3 Å². The Bertz CT molecular complexity index is 279. The highest BCUT2D eigenvalue weighted by Gasteiger charge is 2.07. The Kier molecular flexibility index (Phi) is 4.30. The first kappa shape index (κ1) is 10.9. The quantitative estimate of drug-likeness (QED) is 0.635. The molecular weight excluding hydrogens is 174 g/mol. The fraction of sp³-hybridized carbons (Fsp3) is 0.500. The molecule has 0 aromatic heterocycles. The van der Waals surface area contributed by atoms with Crippen LogP contribution in [0.25, 0.3) is 0 Å². The molecule has 0 amide bonds. The minimum absolute atomic E-state index is 0.514. The van der Waals surface area contributed by atoms with Crippen LogP contribution in [0, 0.1) is 4.91 Å². The first-order valence-electron chi connectivity index (χ1n) is 5.25. The SMILES string of the molecule is CCCC(CC)c1ccc(N=O)cc1. The summed E-state index contributed by atoms with van der Waals surface area (Å²) >= 11 is 0. The number of hydrogen-bond acceptors (Lipinski definition) is 2. The van der Waals surface area contributed by atoms with Crippen LogP contribution in [0.4, 0.5) is 5.69 Å². The lowest BCUT2D eigenvalue weighted by atomic mass is 9.92. The van der Waals surface area contributed by atoms with Gasteiger partial charge in [-0.05, 0) is 41.6 Å². The summed E-state index contributed by atoms with van der Waals surface area (Å²) in [6.07, 6.45) is 3.57. The topological polar surface area (TPSA) is 29.4 Å². The predicted octanol–water partition coefficient (Wildman–Crippen LogP) is 4.38. The highest BCUT2D eigenvalue weighted by atomic mass is 16.3. The molecular formula is C12H17NO. The van der Waals surface area contributed by atoms with Crippen LogP contribution in [0.1, 0.15) is 44.6 Å². The molecule has 1 rings (SSSR count).